The van der Waals surface area contributed by atoms with E-state index in [0.717, 1.165) is 31.5 Å². The first-order valence-electron chi connectivity index (χ1n) is 9.27. The van der Waals surface area contributed by atoms with Gasteiger partial charge in [-0.2, -0.15) is 0 Å². The summed E-state index contributed by atoms with van der Waals surface area (Å²) >= 11 is 0. The van der Waals surface area contributed by atoms with E-state index in [1.807, 2.05) is 13.0 Å². The van der Waals surface area contributed by atoms with Gasteiger partial charge in [0.25, 0.3) is 5.91 Å². The fourth-order valence-electron chi connectivity index (χ4n) is 3.15. The van der Waals surface area contributed by atoms with Crippen molar-refractivity contribution in [2.75, 3.05) is 30.3 Å². The molecule has 0 spiro atoms. The topological polar surface area (TPSA) is 101 Å². The van der Waals surface area contributed by atoms with Crippen molar-refractivity contribution >= 4 is 23.2 Å². The Morgan fingerprint density at radius 1 is 1.15 bits per heavy atom. The average Bonchev–Trinajstić information content (AvgIpc) is 3.14. The third-order valence-corrected chi connectivity index (χ3v) is 4.70. The number of likely N-dealkylation sites (tertiary alicyclic amines) is 1. The maximum absolute atomic E-state index is 12.4. The van der Waals surface area contributed by atoms with Gasteiger partial charge in [0, 0.05) is 11.4 Å². The molecule has 0 atom stereocenters. The number of nitrogens with two attached hydrogens (primary N) is 1. The van der Waals surface area contributed by atoms with E-state index in [1.165, 1.54) is 12.7 Å². The third kappa shape index (κ3) is 5.18. The van der Waals surface area contributed by atoms with E-state index in [9.17, 15) is 9.59 Å². The van der Waals surface area contributed by atoms with Crippen molar-refractivity contribution in [1.82, 2.24) is 4.90 Å². The molecule has 1 aromatic heterocycles. The van der Waals surface area contributed by atoms with E-state index in [4.69, 9.17) is 10.2 Å². The van der Waals surface area contributed by atoms with E-state index in [-0.39, 0.29) is 18.4 Å². The zero-order chi connectivity index (χ0) is 19.2. The molecule has 1 aliphatic heterocycles. The molecule has 1 aromatic carbocycles. The van der Waals surface area contributed by atoms with Crippen LogP contribution in [0.5, 0.6) is 0 Å². The molecule has 0 saturated carbocycles. The number of furan rings is 1. The van der Waals surface area contributed by atoms with Crippen LogP contribution in [0.1, 0.15) is 40.9 Å². The second kappa shape index (κ2) is 8.83. The number of carbonyl (C=O) groups excluding carboxylic acids is 2. The fraction of sp³-hybridized carbons (Fsp3) is 0.400. The van der Waals surface area contributed by atoms with Gasteiger partial charge >= 0.3 is 0 Å². The summed E-state index contributed by atoms with van der Waals surface area (Å²) in [5.41, 5.74) is 8.15. The number of benzene rings is 1. The zero-order valence-corrected chi connectivity index (χ0v) is 15.6. The number of hydrogen-bond acceptors (Lipinski definition) is 5. The third-order valence-electron chi connectivity index (χ3n) is 4.70. The second-order valence-corrected chi connectivity index (χ2v) is 6.87. The predicted octanol–water partition coefficient (Wildman–Crippen LogP) is 2.72. The Hall–Kier alpha value is -2.64. The highest BCUT2D eigenvalue weighted by molar-refractivity contribution is 6.04. The zero-order valence-electron chi connectivity index (χ0n) is 15.6. The van der Waals surface area contributed by atoms with Crippen molar-refractivity contribution in [3.8, 4) is 0 Å². The van der Waals surface area contributed by atoms with Crippen LogP contribution in [0.25, 0.3) is 0 Å². The van der Waals surface area contributed by atoms with Crippen LogP contribution in [0, 0.1) is 6.92 Å². The molecule has 0 unspecified atom stereocenters. The molecule has 1 fully saturated rings. The van der Waals surface area contributed by atoms with Gasteiger partial charge in [-0.1, -0.05) is 12.5 Å². The van der Waals surface area contributed by atoms with Gasteiger partial charge in [0.05, 0.1) is 18.7 Å². The van der Waals surface area contributed by atoms with Crippen molar-refractivity contribution in [1.29, 1.82) is 0 Å². The van der Waals surface area contributed by atoms with Gasteiger partial charge in [0.2, 0.25) is 5.91 Å². The molecule has 3 rings (SSSR count). The van der Waals surface area contributed by atoms with Crippen LogP contribution >= 0.6 is 0 Å². The summed E-state index contributed by atoms with van der Waals surface area (Å²) in [4.78, 5) is 26.9. The number of carbonyl (C=O) groups is 2. The molecule has 0 bridgehead atoms. The molecule has 2 heterocycles. The summed E-state index contributed by atoms with van der Waals surface area (Å²) in [6.45, 7) is 4.50. The SMILES string of the molecule is Cc1ccc(NC(=O)c2coc(CN)c2)cc1NC(=O)CN1CCCCC1. The Morgan fingerprint density at radius 2 is 1.93 bits per heavy atom. The van der Waals surface area contributed by atoms with E-state index < -0.39 is 0 Å². The van der Waals surface area contributed by atoms with Crippen molar-refractivity contribution < 1.29 is 14.0 Å². The summed E-state index contributed by atoms with van der Waals surface area (Å²) in [5, 5.41) is 5.77. The first-order chi connectivity index (χ1) is 13.0. The lowest BCUT2D eigenvalue weighted by molar-refractivity contribution is -0.117. The van der Waals surface area contributed by atoms with Crippen LogP contribution in [0.15, 0.2) is 34.9 Å². The Morgan fingerprint density at radius 3 is 2.63 bits per heavy atom. The molecular weight excluding hydrogens is 344 g/mol. The highest BCUT2D eigenvalue weighted by Gasteiger charge is 2.15. The number of nitrogens with one attached hydrogen (secondary N) is 2. The molecule has 2 aromatic rings. The van der Waals surface area contributed by atoms with E-state index in [2.05, 4.69) is 15.5 Å². The maximum atomic E-state index is 12.4. The minimum Gasteiger partial charge on any atom is -0.467 e. The number of aryl methyl sites for hydroxylation is 1. The van der Waals surface area contributed by atoms with Gasteiger partial charge < -0.3 is 20.8 Å². The van der Waals surface area contributed by atoms with E-state index in [1.54, 1.807) is 18.2 Å². The highest BCUT2D eigenvalue weighted by Crippen LogP contribution is 2.21. The predicted molar refractivity (Wildman–Crippen MR) is 105 cm³/mol. The maximum Gasteiger partial charge on any atom is 0.258 e. The molecule has 2 amide bonds. The Bertz CT molecular complexity index is 809. The summed E-state index contributed by atoms with van der Waals surface area (Å²) in [6, 6.07) is 7.06. The molecular formula is C20H26N4O3. The van der Waals surface area contributed by atoms with Crippen LogP contribution in [0.2, 0.25) is 0 Å². The highest BCUT2D eigenvalue weighted by atomic mass is 16.3. The van der Waals surface area contributed by atoms with Crippen LogP contribution in [0.4, 0.5) is 11.4 Å². The average molecular weight is 370 g/mol. The quantitative estimate of drug-likeness (QED) is 0.726. The van der Waals surface area contributed by atoms with Gasteiger partial charge in [-0.05, 0) is 56.6 Å². The molecule has 4 N–H and O–H groups in total. The van der Waals surface area contributed by atoms with Gasteiger partial charge in [-0.25, -0.2) is 0 Å². The smallest absolute Gasteiger partial charge is 0.258 e. The number of piperidine rings is 1. The minimum absolute atomic E-state index is 0.0362. The minimum atomic E-state index is -0.284. The number of anilines is 2. The summed E-state index contributed by atoms with van der Waals surface area (Å²) in [7, 11) is 0. The van der Waals surface area contributed by atoms with Crippen molar-refractivity contribution in [2.24, 2.45) is 5.73 Å². The van der Waals surface area contributed by atoms with Gasteiger partial charge in [-0.15, -0.1) is 0 Å². The van der Waals surface area contributed by atoms with Crippen molar-refractivity contribution in [3.05, 3.63) is 47.4 Å². The van der Waals surface area contributed by atoms with E-state index >= 15 is 0 Å². The molecule has 27 heavy (non-hydrogen) atoms. The molecule has 144 valence electrons. The first kappa shape index (κ1) is 19.1. The number of rotatable bonds is 6. The Labute approximate surface area is 158 Å². The number of hydrogen-bond donors (Lipinski definition) is 3. The fourth-order valence-corrected chi connectivity index (χ4v) is 3.15. The molecule has 0 radical (unpaired) electrons. The summed E-state index contributed by atoms with van der Waals surface area (Å²) in [5.74, 6) is 0.230. The molecule has 7 nitrogen and oxygen atoms in total. The Kier molecular flexibility index (Phi) is 6.26. The summed E-state index contributed by atoms with van der Waals surface area (Å²) in [6.07, 6.45) is 4.91. The van der Waals surface area contributed by atoms with Crippen LogP contribution in [0.3, 0.4) is 0 Å². The van der Waals surface area contributed by atoms with Crippen molar-refractivity contribution in [3.63, 3.8) is 0 Å². The lowest BCUT2D eigenvalue weighted by Gasteiger charge is -2.25. The molecule has 7 heteroatoms. The molecule has 1 aliphatic rings. The lowest BCUT2D eigenvalue weighted by atomic mass is 10.1. The molecule has 0 aliphatic carbocycles. The first-order valence-corrected chi connectivity index (χ1v) is 9.27. The van der Waals surface area contributed by atoms with Gasteiger partial charge in [-0.3, -0.25) is 14.5 Å². The lowest BCUT2D eigenvalue weighted by Crippen LogP contribution is -2.36. The molecule has 1 saturated heterocycles. The van der Waals surface area contributed by atoms with E-state index in [0.29, 0.717) is 29.2 Å². The van der Waals surface area contributed by atoms with Crippen LogP contribution in [-0.2, 0) is 11.3 Å². The van der Waals surface area contributed by atoms with Crippen molar-refractivity contribution in [2.45, 2.75) is 32.7 Å². The van der Waals surface area contributed by atoms with Gasteiger partial charge in [0.15, 0.2) is 0 Å². The summed E-state index contributed by atoms with van der Waals surface area (Å²) < 4.78 is 5.19. The van der Waals surface area contributed by atoms with Crippen LogP contribution < -0.4 is 16.4 Å². The second-order valence-electron chi connectivity index (χ2n) is 6.87. The number of amides is 2. The Balaban J connectivity index is 1.62. The van der Waals surface area contributed by atoms with Gasteiger partial charge in [0.1, 0.15) is 12.0 Å². The largest absolute Gasteiger partial charge is 0.467 e. The van der Waals surface area contributed by atoms with Crippen LogP contribution in [-0.4, -0.2) is 36.3 Å². The number of nitrogens with zero attached hydrogens (tertiary/aromatic N) is 1. The normalized spacial score (nSPS) is 14.7. The monoisotopic (exact) mass is 370 g/mol. The standard InChI is InChI=1S/C20H26N4O3/c1-14-5-6-16(22-20(26)15-9-17(11-21)27-13-15)10-18(14)23-19(25)12-24-7-3-2-4-8-24/h5-6,9-10,13H,2-4,7-8,11-12,21H2,1H3,(H,22,26)(H,23,25).